The smallest absolute Gasteiger partial charge is 0.276 e. The van der Waals surface area contributed by atoms with Gasteiger partial charge >= 0.3 is 0 Å². The summed E-state index contributed by atoms with van der Waals surface area (Å²) in [4.78, 5) is 23.9. The fourth-order valence-corrected chi connectivity index (χ4v) is 2.34. The van der Waals surface area contributed by atoms with Crippen LogP contribution in [0.3, 0.4) is 0 Å². The molecule has 0 aliphatic carbocycles. The number of carbonyl (C=O) groups excluding carboxylic acids is 2. The highest BCUT2D eigenvalue weighted by molar-refractivity contribution is 6.32. The predicted octanol–water partition coefficient (Wildman–Crippen LogP) is 3.36. The number of hydrazine groups is 1. The minimum absolute atomic E-state index is 0.241. The summed E-state index contributed by atoms with van der Waals surface area (Å²) in [6, 6.07) is 10.0. The summed E-state index contributed by atoms with van der Waals surface area (Å²) < 4.78 is 10.8. The molecule has 7 heteroatoms. The average Bonchev–Trinajstić information content (AvgIpc) is 2.67. The van der Waals surface area contributed by atoms with E-state index in [0.717, 1.165) is 11.1 Å². The number of carbonyl (C=O) groups is 2. The monoisotopic (exact) mass is 388 g/mol. The maximum absolute atomic E-state index is 12.0. The summed E-state index contributed by atoms with van der Waals surface area (Å²) >= 11 is 6.10. The van der Waals surface area contributed by atoms with Crippen molar-refractivity contribution in [3.63, 3.8) is 0 Å². The molecule has 27 heavy (non-hydrogen) atoms. The number of amides is 2. The van der Waals surface area contributed by atoms with Crippen molar-refractivity contribution in [2.45, 2.75) is 13.8 Å². The first-order valence-corrected chi connectivity index (χ1v) is 8.61. The zero-order chi connectivity index (χ0) is 19.8. The fraction of sp³-hybridized carbons (Fsp3) is 0.200. The standard InChI is InChI=1S/C20H21ClN2O4/c1-4-9-26-16-7-5-15(6-8-16)20(25)23-22-18(24)12-27-17-10-13(2)19(21)14(3)11-17/h4-8,10-11H,1,9,12H2,2-3H3,(H,22,24)(H,23,25). The largest absolute Gasteiger partial charge is 0.490 e. The van der Waals surface area contributed by atoms with E-state index in [1.807, 2.05) is 13.8 Å². The Balaban J connectivity index is 1.81. The van der Waals surface area contributed by atoms with Crippen molar-refractivity contribution in [1.29, 1.82) is 0 Å². The van der Waals surface area contributed by atoms with Crippen LogP contribution in [0.25, 0.3) is 0 Å². The first-order valence-electron chi connectivity index (χ1n) is 8.23. The van der Waals surface area contributed by atoms with E-state index in [2.05, 4.69) is 17.4 Å². The lowest BCUT2D eigenvalue weighted by molar-refractivity contribution is -0.123. The van der Waals surface area contributed by atoms with Gasteiger partial charge in [-0.2, -0.15) is 0 Å². The number of hydrogen-bond donors (Lipinski definition) is 2. The van der Waals surface area contributed by atoms with Gasteiger partial charge in [0.1, 0.15) is 18.1 Å². The number of nitrogens with one attached hydrogen (secondary N) is 2. The number of aryl methyl sites for hydroxylation is 2. The summed E-state index contributed by atoms with van der Waals surface area (Å²) in [7, 11) is 0. The third kappa shape index (κ3) is 6.04. The highest BCUT2D eigenvalue weighted by atomic mass is 35.5. The van der Waals surface area contributed by atoms with Crippen LogP contribution in [-0.4, -0.2) is 25.0 Å². The van der Waals surface area contributed by atoms with Crippen LogP contribution in [0, 0.1) is 13.8 Å². The van der Waals surface area contributed by atoms with Crippen LogP contribution in [-0.2, 0) is 4.79 Å². The molecule has 0 bridgehead atoms. The molecule has 142 valence electrons. The van der Waals surface area contributed by atoms with Gasteiger partial charge in [0.25, 0.3) is 11.8 Å². The normalized spacial score (nSPS) is 10.0. The van der Waals surface area contributed by atoms with E-state index in [9.17, 15) is 9.59 Å². The van der Waals surface area contributed by atoms with Gasteiger partial charge in [0.15, 0.2) is 6.61 Å². The van der Waals surface area contributed by atoms with E-state index >= 15 is 0 Å². The summed E-state index contributed by atoms with van der Waals surface area (Å²) in [6.07, 6.45) is 1.63. The van der Waals surface area contributed by atoms with Gasteiger partial charge < -0.3 is 9.47 Å². The molecule has 0 saturated carbocycles. The first kappa shape index (κ1) is 20.3. The quantitative estimate of drug-likeness (QED) is 0.563. The maximum atomic E-state index is 12.0. The molecular formula is C20H21ClN2O4. The third-order valence-electron chi connectivity index (χ3n) is 3.58. The summed E-state index contributed by atoms with van der Waals surface area (Å²) in [5.41, 5.74) is 6.74. The van der Waals surface area contributed by atoms with Gasteiger partial charge in [-0.15, -0.1) is 0 Å². The van der Waals surface area contributed by atoms with Crippen molar-refractivity contribution in [3.05, 3.63) is 70.8 Å². The molecule has 0 radical (unpaired) electrons. The van der Waals surface area contributed by atoms with Gasteiger partial charge in [0.05, 0.1) is 0 Å². The van der Waals surface area contributed by atoms with Crippen LogP contribution in [0.5, 0.6) is 11.5 Å². The van der Waals surface area contributed by atoms with Crippen molar-refractivity contribution in [2.75, 3.05) is 13.2 Å². The molecule has 6 nitrogen and oxygen atoms in total. The van der Waals surface area contributed by atoms with E-state index in [-0.39, 0.29) is 6.61 Å². The molecule has 0 aliphatic heterocycles. The highest BCUT2D eigenvalue weighted by Crippen LogP contribution is 2.25. The SMILES string of the molecule is C=CCOc1ccc(C(=O)NNC(=O)COc2cc(C)c(Cl)c(C)c2)cc1. The molecule has 0 fully saturated rings. The van der Waals surface area contributed by atoms with E-state index < -0.39 is 11.8 Å². The second kappa shape index (κ2) is 9.64. The fourth-order valence-electron chi connectivity index (χ4n) is 2.23. The number of ether oxygens (including phenoxy) is 2. The number of hydrogen-bond acceptors (Lipinski definition) is 4. The molecule has 2 rings (SSSR count). The maximum Gasteiger partial charge on any atom is 0.276 e. The topological polar surface area (TPSA) is 76.7 Å². The number of rotatable bonds is 7. The molecule has 2 N–H and O–H groups in total. The van der Waals surface area contributed by atoms with Crippen molar-refractivity contribution >= 4 is 23.4 Å². The van der Waals surface area contributed by atoms with Crippen LogP contribution in [0.15, 0.2) is 49.1 Å². The van der Waals surface area contributed by atoms with Gasteiger partial charge in [-0.1, -0.05) is 24.3 Å². The van der Waals surface area contributed by atoms with Crippen LogP contribution in [0.4, 0.5) is 0 Å². The van der Waals surface area contributed by atoms with Crippen LogP contribution in [0.2, 0.25) is 5.02 Å². The Bertz CT molecular complexity index is 811. The Morgan fingerprint density at radius 1 is 1.04 bits per heavy atom. The average molecular weight is 389 g/mol. The second-order valence-electron chi connectivity index (χ2n) is 5.79. The van der Waals surface area contributed by atoms with Crippen LogP contribution >= 0.6 is 11.6 Å². The Kier molecular flexibility index (Phi) is 7.25. The summed E-state index contributed by atoms with van der Waals surface area (Å²) in [6.45, 7) is 7.42. The lowest BCUT2D eigenvalue weighted by Crippen LogP contribution is -2.43. The Labute approximate surface area is 163 Å². The molecule has 2 aromatic rings. The lowest BCUT2D eigenvalue weighted by Gasteiger charge is -2.11. The van der Waals surface area contributed by atoms with Gasteiger partial charge in [0, 0.05) is 10.6 Å². The molecule has 0 saturated heterocycles. The van der Waals surface area contributed by atoms with E-state index in [1.165, 1.54) is 0 Å². The molecule has 0 spiro atoms. The van der Waals surface area contributed by atoms with Crippen molar-refractivity contribution in [2.24, 2.45) is 0 Å². The zero-order valence-corrected chi connectivity index (χ0v) is 15.9. The predicted molar refractivity (Wildman–Crippen MR) is 104 cm³/mol. The van der Waals surface area contributed by atoms with Crippen LogP contribution in [0.1, 0.15) is 21.5 Å². The van der Waals surface area contributed by atoms with E-state index in [4.69, 9.17) is 21.1 Å². The van der Waals surface area contributed by atoms with E-state index in [1.54, 1.807) is 42.5 Å². The molecular weight excluding hydrogens is 368 g/mol. The molecule has 2 aromatic carbocycles. The lowest BCUT2D eigenvalue weighted by atomic mass is 10.1. The molecule has 0 aromatic heterocycles. The minimum atomic E-state index is -0.487. The summed E-state index contributed by atoms with van der Waals surface area (Å²) in [5, 5.41) is 0.667. The second-order valence-corrected chi connectivity index (χ2v) is 6.16. The molecule has 0 atom stereocenters. The van der Waals surface area contributed by atoms with Crippen molar-refractivity contribution in [1.82, 2.24) is 10.9 Å². The van der Waals surface area contributed by atoms with Crippen molar-refractivity contribution in [3.8, 4) is 11.5 Å². The number of halogens is 1. The number of benzene rings is 2. The first-order chi connectivity index (χ1) is 12.9. The van der Waals surface area contributed by atoms with Crippen molar-refractivity contribution < 1.29 is 19.1 Å². The molecule has 0 unspecified atom stereocenters. The summed E-state index contributed by atoms with van der Waals surface area (Å²) in [5.74, 6) is 0.222. The van der Waals surface area contributed by atoms with Gasteiger partial charge in [-0.3, -0.25) is 20.4 Å². The Hall–Kier alpha value is -2.99. The molecule has 2 amide bonds. The Morgan fingerprint density at radius 3 is 2.26 bits per heavy atom. The van der Waals surface area contributed by atoms with Gasteiger partial charge in [-0.25, -0.2) is 0 Å². The molecule has 0 aliphatic rings. The Morgan fingerprint density at radius 2 is 1.67 bits per heavy atom. The van der Waals surface area contributed by atoms with E-state index in [0.29, 0.717) is 28.7 Å². The third-order valence-corrected chi connectivity index (χ3v) is 4.18. The minimum Gasteiger partial charge on any atom is -0.490 e. The van der Waals surface area contributed by atoms with Gasteiger partial charge in [-0.05, 0) is 61.4 Å². The van der Waals surface area contributed by atoms with Crippen LogP contribution < -0.4 is 20.3 Å². The van der Waals surface area contributed by atoms with Gasteiger partial charge in [0.2, 0.25) is 0 Å². The molecule has 0 heterocycles. The highest BCUT2D eigenvalue weighted by Gasteiger charge is 2.09. The zero-order valence-electron chi connectivity index (χ0n) is 15.2.